The molecule has 0 unspecified atom stereocenters. The van der Waals surface area contributed by atoms with Crippen LogP contribution in [0.3, 0.4) is 0 Å². The van der Waals surface area contributed by atoms with Crippen molar-refractivity contribution in [2.75, 3.05) is 18.5 Å². The number of H-pyrrole nitrogens is 1. The van der Waals surface area contributed by atoms with E-state index in [0.717, 1.165) is 55.0 Å². The van der Waals surface area contributed by atoms with E-state index in [4.69, 9.17) is 9.47 Å². The quantitative estimate of drug-likeness (QED) is 0.664. The van der Waals surface area contributed by atoms with Gasteiger partial charge in [0.2, 0.25) is 5.88 Å². The van der Waals surface area contributed by atoms with Crippen LogP contribution >= 0.6 is 0 Å². The minimum Gasteiger partial charge on any atom is -0.478 e. The van der Waals surface area contributed by atoms with Gasteiger partial charge in [0.1, 0.15) is 6.10 Å². The Labute approximate surface area is 170 Å². The van der Waals surface area contributed by atoms with Crippen LogP contribution in [0.2, 0.25) is 0 Å². The summed E-state index contributed by atoms with van der Waals surface area (Å²) < 4.78 is 11.4. The minimum atomic E-state index is -0.333. The molecular weight excluding hydrogens is 370 g/mol. The summed E-state index contributed by atoms with van der Waals surface area (Å²) in [5, 5.41) is 13.8. The third-order valence-corrected chi connectivity index (χ3v) is 5.47. The van der Waals surface area contributed by atoms with Crippen LogP contribution in [0, 0.1) is 0 Å². The van der Waals surface area contributed by atoms with Gasteiger partial charge in [0.25, 0.3) is 0 Å². The number of anilines is 2. The molecule has 0 spiro atoms. The summed E-state index contributed by atoms with van der Waals surface area (Å²) >= 11 is 0. The number of hydrogen-bond acceptors (Lipinski definition) is 6. The number of hydrogen-bond donors (Lipinski definition) is 3. The molecule has 8 heteroatoms. The molecule has 1 aliphatic heterocycles. The van der Waals surface area contributed by atoms with Gasteiger partial charge in [0, 0.05) is 41.7 Å². The van der Waals surface area contributed by atoms with Crippen molar-refractivity contribution in [1.29, 1.82) is 0 Å². The number of aromatic nitrogens is 3. The van der Waals surface area contributed by atoms with E-state index in [1.807, 2.05) is 18.2 Å². The van der Waals surface area contributed by atoms with Gasteiger partial charge in [0.05, 0.1) is 6.61 Å². The Balaban J connectivity index is 1.57. The Kier molecular flexibility index (Phi) is 5.87. The van der Waals surface area contributed by atoms with E-state index in [-0.39, 0.29) is 18.1 Å². The van der Waals surface area contributed by atoms with Gasteiger partial charge in [-0.2, -0.15) is 5.10 Å². The van der Waals surface area contributed by atoms with E-state index in [1.54, 1.807) is 0 Å². The van der Waals surface area contributed by atoms with Crippen LogP contribution in [0.25, 0.3) is 0 Å². The van der Waals surface area contributed by atoms with Crippen molar-refractivity contribution in [1.82, 2.24) is 20.5 Å². The normalized spacial score (nSPS) is 22.7. The van der Waals surface area contributed by atoms with Gasteiger partial charge < -0.3 is 20.1 Å². The van der Waals surface area contributed by atoms with E-state index in [2.05, 4.69) is 39.7 Å². The summed E-state index contributed by atoms with van der Waals surface area (Å²) in [7, 11) is 0. The summed E-state index contributed by atoms with van der Waals surface area (Å²) in [6.45, 7) is 5.35. The largest absolute Gasteiger partial charge is 0.478 e. The first-order chi connectivity index (χ1) is 14.1. The van der Waals surface area contributed by atoms with Gasteiger partial charge in [-0.05, 0) is 44.1 Å². The van der Waals surface area contributed by atoms with Crippen LogP contribution in [0.5, 0.6) is 5.88 Å². The Hall–Kier alpha value is -2.77. The van der Waals surface area contributed by atoms with E-state index >= 15 is 0 Å². The highest BCUT2D eigenvalue weighted by Crippen LogP contribution is 2.36. The molecule has 2 aromatic rings. The maximum atomic E-state index is 12.0. The first-order valence-corrected chi connectivity index (χ1v) is 10.5. The van der Waals surface area contributed by atoms with Gasteiger partial charge in [-0.15, -0.1) is 0 Å². The number of aromatic amines is 1. The fourth-order valence-corrected chi connectivity index (χ4v) is 3.84. The summed E-state index contributed by atoms with van der Waals surface area (Å²) in [5.74, 6) is 1.96. The molecule has 2 aromatic heterocycles. The third-order valence-electron chi connectivity index (χ3n) is 5.47. The van der Waals surface area contributed by atoms with Gasteiger partial charge >= 0.3 is 6.09 Å². The number of ether oxygens (including phenoxy) is 2. The minimum absolute atomic E-state index is 0.0433. The molecule has 3 heterocycles. The van der Waals surface area contributed by atoms with Crippen LogP contribution in [-0.4, -0.2) is 40.5 Å². The molecule has 1 fully saturated rings. The number of carbonyl (C=O) groups is 1. The number of pyridine rings is 1. The lowest BCUT2D eigenvalue weighted by atomic mass is 10.0. The van der Waals surface area contributed by atoms with E-state index in [0.29, 0.717) is 24.9 Å². The maximum absolute atomic E-state index is 12.0. The number of rotatable bonds is 1. The molecule has 6 bridgehead atoms. The highest BCUT2D eigenvalue weighted by molar-refractivity contribution is 5.67. The van der Waals surface area contributed by atoms with Crippen molar-refractivity contribution < 1.29 is 14.3 Å². The molecule has 8 nitrogen and oxygen atoms in total. The fraction of sp³-hybridized carbons (Fsp3) is 0.571. The lowest BCUT2D eigenvalue weighted by Gasteiger charge is -2.14. The predicted octanol–water partition coefficient (Wildman–Crippen LogP) is 4.21. The molecule has 1 saturated carbocycles. The average molecular weight is 399 g/mol. The number of carbonyl (C=O) groups excluding carboxylic acids is 1. The van der Waals surface area contributed by atoms with Crippen molar-refractivity contribution in [3.8, 4) is 5.88 Å². The molecule has 0 radical (unpaired) electrons. The van der Waals surface area contributed by atoms with Crippen molar-refractivity contribution in [2.24, 2.45) is 0 Å². The molecule has 2 aliphatic rings. The molecule has 1 aliphatic carbocycles. The van der Waals surface area contributed by atoms with Crippen molar-refractivity contribution in [3.63, 3.8) is 0 Å². The average Bonchev–Trinajstić information content (AvgIpc) is 3.33. The molecule has 156 valence electrons. The zero-order chi connectivity index (χ0) is 20.2. The molecule has 4 rings (SSSR count). The molecule has 1 amide bonds. The third kappa shape index (κ3) is 4.99. The molecular formula is C21H29N5O3. The number of nitrogens with zero attached hydrogens (tertiary/aromatic N) is 2. The lowest BCUT2D eigenvalue weighted by Crippen LogP contribution is -2.29. The van der Waals surface area contributed by atoms with Gasteiger partial charge in [0.15, 0.2) is 5.82 Å². The van der Waals surface area contributed by atoms with Gasteiger partial charge in [-0.1, -0.05) is 13.8 Å². The molecule has 29 heavy (non-hydrogen) atoms. The highest BCUT2D eigenvalue weighted by atomic mass is 16.6. The second-order valence-electron chi connectivity index (χ2n) is 8.13. The second-order valence-corrected chi connectivity index (χ2v) is 8.13. The zero-order valence-corrected chi connectivity index (χ0v) is 17.0. The van der Waals surface area contributed by atoms with Crippen LogP contribution in [0.15, 0.2) is 18.2 Å². The second kappa shape index (κ2) is 8.71. The SMILES string of the molecule is CC(C)c1cc2cc(n1)OCCCCNC(=O)O[C@@H]1CC[C@@H](C1)c1cc(n[nH]1)N2. The molecule has 0 aromatic carbocycles. The Morgan fingerprint density at radius 2 is 2.07 bits per heavy atom. The zero-order valence-electron chi connectivity index (χ0n) is 17.0. The topological polar surface area (TPSA) is 101 Å². The summed E-state index contributed by atoms with van der Waals surface area (Å²) in [6, 6.07) is 5.98. The maximum Gasteiger partial charge on any atom is 0.407 e. The summed E-state index contributed by atoms with van der Waals surface area (Å²) in [5.41, 5.74) is 2.95. The van der Waals surface area contributed by atoms with Crippen LogP contribution < -0.4 is 15.4 Å². The van der Waals surface area contributed by atoms with E-state index in [9.17, 15) is 4.79 Å². The van der Waals surface area contributed by atoms with Crippen LogP contribution in [0.4, 0.5) is 16.3 Å². The molecule has 2 atom stereocenters. The Morgan fingerprint density at radius 3 is 2.93 bits per heavy atom. The Morgan fingerprint density at radius 1 is 1.17 bits per heavy atom. The number of fused-ring (bicyclic) bond motifs is 7. The number of amides is 1. The smallest absolute Gasteiger partial charge is 0.407 e. The van der Waals surface area contributed by atoms with Crippen molar-refractivity contribution >= 4 is 17.6 Å². The molecule has 3 N–H and O–H groups in total. The highest BCUT2D eigenvalue weighted by Gasteiger charge is 2.30. The monoisotopic (exact) mass is 399 g/mol. The Bertz CT molecular complexity index is 851. The summed E-state index contributed by atoms with van der Waals surface area (Å²) in [6.07, 6.45) is 3.94. The first-order valence-electron chi connectivity index (χ1n) is 10.5. The molecule has 0 saturated heterocycles. The standard InChI is InChI=1S/C21H29N5O3/c1-13(2)17-10-15-11-20(24-17)28-8-4-3-7-22-21(27)29-16-6-5-14(9-16)18-12-19(23-15)26-25-18/h10-14,16H,3-9H2,1-2H3,(H,22,27)(H2,23,25,26)/t14-,16+/m0/s1. The predicted molar refractivity (Wildman–Crippen MR) is 110 cm³/mol. The number of nitrogens with one attached hydrogen (secondary N) is 3. The van der Waals surface area contributed by atoms with Gasteiger partial charge in [-0.3, -0.25) is 5.10 Å². The van der Waals surface area contributed by atoms with Crippen molar-refractivity contribution in [2.45, 2.75) is 63.9 Å². The fourth-order valence-electron chi connectivity index (χ4n) is 3.84. The lowest BCUT2D eigenvalue weighted by molar-refractivity contribution is 0.0999. The van der Waals surface area contributed by atoms with Crippen LogP contribution in [0.1, 0.15) is 69.2 Å². The summed E-state index contributed by atoms with van der Waals surface area (Å²) in [4.78, 5) is 16.6. The van der Waals surface area contributed by atoms with Crippen molar-refractivity contribution in [3.05, 3.63) is 29.6 Å². The first kappa shape index (κ1) is 19.5. The van der Waals surface area contributed by atoms with E-state index in [1.165, 1.54) is 0 Å². The van der Waals surface area contributed by atoms with Gasteiger partial charge in [-0.25, -0.2) is 9.78 Å². The van der Waals surface area contributed by atoms with E-state index < -0.39 is 0 Å². The van der Waals surface area contributed by atoms with Crippen LogP contribution in [-0.2, 0) is 4.74 Å². The number of alkyl carbamates (subject to hydrolysis) is 1.